The molecule has 1 fully saturated rings. The SMILES string of the molecule is CCCCC/C=C\C/C=C\CCCCCCCCCCCCCCCCC(O)C(=O)NC(COC1OC(CO)C(O)C(O)C1OC(=O)CCCCCCCCCCCCC/C=C/CCCCCCCC)C(O)/C=C/CCCCCCCCCCCCC. The van der Waals surface area contributed by atoms with Crippen molar-refractivity contribution >= 4 is 11.9 Å². The van der Waals surface area contributed by atoms with Crippen LogP contribution in [0, 0.1) is 0 Å². The van der Waals surface area contributed by atoms with Gasteiger partial charge in [-0.2, -0.15) is 0 Å². The number of amides is 1. The molecular weight excluding hydrogens is 1090 g/mol. The van der Waals surface area contributed by atoms with E-state index in [2.05, 4.69) is 62.5 Å². The van der Waals surface area contributed by atoms with Crippen LogP contribution in [0.5, 0.6) is 0 Å². The van der Waals surface area contributed by atoms with E-state index in [0.717, 1.165) is 64.2 Å². The first-order valence-electron chi connectivity index (χ1n) is 37.4. The topological polar surface area (TPSA) is 175 Å². The number of rotatable bonds is 65. The van der Waals surface area contributed by atoms with Crippen LogP contribution in [-0.2, 0) is 23.8 Å². The molecule has 510 valence electrons. The molecule has 0 spiro atoms. The summed E-state index contributed by atoms with van der Waals surface area (Å²) < 4.78 is 17.7. The van der Waals surface area contributed by atoms with Gasteiger partial charge in [0.2, 0.25) is 5.91 Å². The van der Waals surface area contributed by atoms with Gasteiger partial charge in [0, 0.05) is 6.42 Å². The second kappa shape index (κ2) is 63.8. The zero-order valence-corrected chi connectivity index (χ0v) is 56.9. The fourth-order valence-electron chi connectivity index (χ4n) is 11.8. The third-order valence-corrected chi connectivity index (χ3v) is 17.7. The Morgan fingerprint density at radius 2 is 0.793 bits per heavy atom. The Morgan fingerprint density at radius 3 is 1.21 bits per heavy atom. The molecule has 1 aliphatic heterocycles. The number of carbonyl (C=O) groups excluding carboxylic acids is 2. The van der Waals surface area contributed by atoms with Crippen LogP contribution in [0.1, 0.15) is 361 Å². The molecule has 0 saturated carbocycles. The molecule has 0 aromatic rings. The minimum Gasteiger partial charge on any atom is -0.454 e. The fourth-order valence-corrected chi connectivity index (χ4v) is 11.8. The van der Waals surface area contributed by atoms with Crippen LogP contribution in [0.15, 0.2) is 48.6 Å². The first kappa shape index (κ1) is 82.6. The van der Waals surface area contributed by atoms with E-state index in [0.29, 0.717) is 19.3 Å². The zero-order valence-electron chi connectivity index (χ0n) is 56.9. The molecule has 8 atom stereocenters. The van der Waals surface area contributed by atoms with Crippen LogP contribution in [-0.4, -0.2) is 99.6 Å². The smallest absolute Gasteiger partial charge is 0.306 e. The molecule has 1 rings (SSSR count). The highest BCUT2D eigenvalue weighted by molar-refractivity contribution is 5.80. The Morgan fingerprint density at radius 1 is 0.448 bits per heavy atom. The average molecular weight is 1230 g/mol. The standard InChI is InChI=1S/C76H141NO10/c1-4-7-10-13-16-19-22-25-27-29-31-33-34-35-37-38-40-42-45-48-51-54-57-60-63-69(80)75(84)77-67(68(79)62-59-56-53-50-47-44-24-21-18-15-12-9-6-3)66-85-76-74(73(83)72(82)70(65-78)86-76)87-71(81)64-61-58-55-52-49-46-43-41-39-36-32-30-28-26-23-20-17-14-11-8-5-2/h16,19,25-28,59,62,67-70,72-74,76,78-80,82-83H,4-15,17-18,20-24,29-58,60-61,63-66H2,1-3H3,(H,77,84)/b19-16-,27-25-,28-26+,62-59+. The van der Waals surface area contributed by atoms with E-state index in [1.165, 1.54) is 250 Å². The van der Waals surface area contributed by atoms with Crippen molar-refractivity contribution in [2.24, 2.45) is 0 Å². The van der Waals surface area contributed by atoms with E-state index in [1.54, 1.807) is 6.08 Å². The van der Waals surface area contributed by atoms with Gasteiger partial charge in [-0.25, -0.2) is 0 Å². The lowest BCUT2D eigenvalue weighted by atomic mass is 9.99. The summed E-state index contributed by atoms with van der Waals surface area (Å²) in [4.78, 5) is 26.7. The highest BCUT2D eigenvalue weighted by Crippen LogP contribution is 2.26. The molecule has 1 saturated heterocycles. The summed E-state index contributed by atoms with van der Waals surface area (Å²) >= 11 is 0. The zero-order chi connectivity index (χ0) is 63.1. The van der Waals surface area contributed by atoms with Crippen LogP contribution in [0.3, 0.4) is 0 Å². The fraction of sp³-hybridized carbons (Fsp3) is 0.868. The van der Waals surface area contributed by atoms with Gasteiger partial charge in [-0.05, 0) is 83.5 Å². The minimum absolute atomic E-state index is 0.125. The molecule has 6 N–H and O–H groups in total. The van der Waals surface area contributed by atoms with Gasteiger partial charge < -0.3 is 45.1 Å². The predicted octanol–water partition coefficient (Wildman–Crippen LogP) is 19.5. The Hall–Kier alpha value is -2.38. The third-order valence-electron chi connectivity index (χ3n) is 17.7. The molecule has 0 radical (unpaired) electrons. The molecule has 8 unspecified atom stereocenters. The maximum atomic E-state index is 13.5. The second-order valence-corrected chi connectivity index (χ2v) is 26.0. The summed E-state index contributed by atoms with van der Waals surface area (Å²) in [5, 5.41) is 57.4. The van der Waals surface area contributed by atoms with Crippen molar-refractivity contribution in [3.63, 3.8) is 0 Å². The number of esters is 1. The van der Waals surface area contributed by atoms with Crippen molar-refractivity contribution in [2.75, 3.05) is 13.2 Å². The predicted molar refractivity (Wildman–Crippen MR) is 366 cm³/mol. The number of hydrogen-bond acceptors (Lipinski definition) is 10. The Bertz CT molecular complexity index is 1600. The molecule has 0 aromatic heterocycles. The lowest BCUT2D eigenvalue weighted by molar-refractivity contribution is -0.305. The van der Waals surface area contributed by atoms with Gasteiger partial charge in [-0.15, -0.1) is 0 Å². The molecule has 11 heteroatoms. The minimum atomic E-state index is -1.61. The van der Waals surface area contributed by atoms with Crippen LogP contribution in [0.4, 0.5) is 0 Å². The molecule has 87 heavy (non-hydrogen) atoms. The highest BCUT2D eigenvalue weighted by Gasteiger charge is 2.47. The van der Waals surface area contributed by atoms with Crippen LogP contribution in [0.2, 0.25) is 0 Å². The number of aliphatic hydroxyl groups is 5. The van der Waals surface area contributed by atoms with E-state index >= 15 is 0 Å². The summed E-state index contributed by atoms with van der Waals surface area (Å²) in [7, 11) is 0. The van der Waals surface area contributed by atoms with E-state index in [4.69, 9.17) is 14.2 Å². The maximum Gasteiger partial charge on any atom is 0.306 e. The van der Waals surface area contributed by atoms with Gasteiger partial charge in [0.25, 0.3) is 0 Å². The summed E-state index contributed by atoms with van der Waals surface area (Å²) in [5.41, 5.74) is 0. The quantitative estimate of drug-likeness (QED) is 0.0195. The number of aliphatic hydroxyl groups excluding tert-OH is 5. The molecule has 1 aliphatic rings. The second-order valence-electron chi connectivity index (χ2n) is 26.0. The summed E-state index contributed by atoms with van der Waals surface area (Å²) in [6.07, 6.45) is 70.1. The van der Waals surface area contributed by atoms with Gasteiger partial charge in [-0.1, -0.05) is 320 Å². The lowest BCUT2D eigenvalue weighted by Crippen LogP contribution is -2.61. The molecule has 1 heterocycles. The largest absolute Gasteiger partial charge is 0.454 e. The number of hydrogen-bond donors (Lipinski definition) is 6. The van der Waals surface area contributed by atoms with E-state index in [1.807, 2.05) is 6.08 Å². The molecular formula is C76H141NO10. The van der Waals surface area contributed by atoms with Gasteiger partial charge in [0.05, 0.1) is 25.4 Å². The van der Waals surface area contributed by atoms with Crippen LogP contribution in [0.25, 0.3) is 0 Å². The molecule has 0 bridgehead atoms. The summed E-state index contributed by atoms with van der Waals surface area (Å²) in [6.45, 7) is 5.82. The number of unbranched alkanes of at least 4 members (excludes halogenated alkanes) is 45. The van der Waals surface area contributed by atoms with Gasteiger partial charge in [0.1, 0.15) is 24.4 Å². The normalized spacial score (nSPS) is 18.5. The van der Waals surface area contributed by atoms with Crippen molar-refractivity contribution in [1.82, 2.24) is 5.32 Å². The number of carbonyl (C=O) groups is 2. The lowest BCUT2D eigenvalue weighted by Gasteiger charge is -2.41. The first-order valence-corrected chi connectivity index (χ1v) is 37.4. The summed E-state index contributed by atoms with van der Waals surface area (Å²) in [6, 6.07) is -1.02. The first-order chi connectivity index (χ1) is 42.7. The Kier molecular flexibility index (Phi) is 60.6. The molecule has 0 aromatic carbocycles. The van der Waals surface area contributed by atoms with Crippen LogP contribution >= 0.6 is 0 Å². The number of nitrogens with one attached hydrogen (secondary N) is 1. The maximum absolute atomic E-state index is 13.5. The molecule has 11 nitrogen and oxygen atoms in total. The Balaban J connectivity index is 2.56. The highest BCUT2D eigenvalue weighted by atomic mass is 16.7. The van der Waals surface area contributed by atoms with Crippen molar-refractivity contribution in [3.05, 3.63) is 48.6 Å². The van der Waals surface area contributed by atoms with Crippen molar-refractivity contribution in [3.8, 4) is 0 Å². The van der Waals surface area contributed by atoms with Crippen LogP contribution < -0.4 is 5.32 Å². The van der Waals surface area contributed by atoms with E-state index in [9.17, 15) is 35.1 Å². The molecule has 0 aliphatic carbocycles. The van der Waals surface area contributed by atoms with E-state index in [-0.39, 0.29) is 13.0 Å². The van der Waals surface area contributed by atoms with Crippen molar-refractivity contribution in [2.45, 2.75) is 410 Å². The van der Waals surface area contributed by atoms with Gasteiger partial charge in [0.15, 0.2) is 12.4 Å². The monoisotopic (exact) mass is 1230 g/mol. The average Bonchev–Trinajstić information content (AvgIpc) is 1.53. The van der Waals surface area contributed by atoms with E-state index < -0.39 is 67.4 Å². The third kappa shape index (κ3) is 50.9. The summed E-state index contributed by atoms with van der Waals surface area (Å²) in [5.74, 6) is -1.18. The van der Waals surface area contributed by atoms with Gasteiger partial charge in [-0.3, -0.25) is 9.59 Å². The van der Waals surface area contributed by atoms with Crippen molar-refractivity contribution in [1.29, 1.82) is 0 Å². The van der Waals surface area contributed by atoms with Gasteiger partial charge >= 0.3 is 5.97 Å². The number of ether oxygens (including phenoxy) is 3. The number of allylic oxidation sites excluding steroid dienone is 7. The van der Waals surface area contributed by atoms with Crippen molar-refractivity contribution < 1.29 is 49.3 Å². The molecule has 1 amide bonds. The Labute approximate surface area is 536 Å².